The van der Waals surface area contributed by atoms with Crippen LogP contribution in [-0.4, -0.2) is 0 Å². The second-order valence-electron chi connectivity index (χ2n) is 3.17. The second-order valence-corrected chi connectivity index (χ2v) is 3.17. The molecule has 1 aliphatic carbocycles. The Balaban J connectivity index is 0.000000791. The fourth-order valence-electron chi connectivity index (χ4n) is 1.56. The van der Waals surface area contributed by atoms with Crippen molar-refractivity contribution in [2.45, 2.75) is 40.0 Å². The second kappa shape index (κ2) is 7.37. The lowest BCUT2D eigenvalue weighted by Gasteiger charge is -2.19. The Morgan fingerprint density at radius 3 is 2.29 bits per heavy atom. The van der Waals surface area contributed by atoms with E-state index < -0.39 is 0 Å². The van der Waals surface area contributed by atoms with Crippen molar-refractivity contribution in [3.63, 3.8) is 0 Å². The van der Waals surface area contributed by atoms with E-state index in [0.29, 0.717) is 0 Å². The van der Waals surface area contributed by atoms with Gasteiger partial charge in [-0.05, 0) is 37.3 Å². The standard InChI is InChI=1S/C12H16.C2H6/c1-4-6-12-8-7-10(3)9-11(12)5-2;1-2/h4-6H,1,3,7-9H2,2H3;1-2H3/b11-5-,12-6-;. The number of allylic oxidation sites excluding steroid dienone is 6. The van der Waals surface area contributed by atoms with Crippen molar-refractivity contribution >= 4 is 0 Å². The lowest BCUT2D eigenvalue weighted by Crippen LogP contribution is -2.00. The molecular formula is C14H22. The van der Waals surface area contributed by atoms with Crippen molar-refractivity contribution in [1.82, 2.24) is 0 Å². The predicted molar refractivity (Wildman–Crippen MR) is 66.4 cm³/mol. The molecule has 1 saturated carbocycles. The van der Waals surface area contributed by atoms with Crippen molar-refractivity contribution in [2.75, 3.05) is 0 Å². The quantitative estimate of drug-likeness (QED) is 0.520. The molecule has 0 aromatic rings. The molecule has 0 aliphatic heterocycles. The van der Waals surface area contributed by atoms with Gasteiger partial charge in [0, 0.05) is 0 Å². The Morgan fingerprint density at radius 1 is 1.14 bits per heavy atom. The summed E-state index contributed by atoms with van der Waals surface area (Å²) in [6.07, 6.45) is 9.48. The van der Waals surface area contributed by atoms with Crippen LogP contribution in [0.2, 0.25) is 0 Å². The summed E-state index contributed by atoms with van der Waals surface area (Å²) in [5.74, 6) is 0. The van der Waals surface area contributed by atoms with Crippen LogP contribution in [-0.2, 0) is 0 Å². The largest absolute Gasteiger partial charge is 0.0995 e. The molecule has 14 heavy (non-hydrogen) atoms. The highest BCUT2D eigenvalue weighted by Gasteiger charge is 2.11. The van der Waals surface area contributed by atoms with Crippen molar-refractivity contribution < 1.29 is 0 Å². The summed E-state index contributed by atoms with van der Waals surface area (Å²) in [5, 5.41) is 0. The maximum Gasteiger partial charge on any atom is -0.00702 e. The van der Waals surface area contributed by atoms with Crippen molar-refractivity contribution in [1.29, 1.82) is 0 Å². The first-order valence-electron chi connectivity index (χ1n) is 5.41. The van der Waals surface area contributed by atoms with Crippen molar-refractivity contribution in [3.05, 3.63) is 48.1 Å². The van der Waals surface area contributed by atoms with Crippen LogP contribution in [0, 0.1) is 0 Å². The van der Waals surface area contributed by atoms with Crippen LogP contribution in [0.5, 0.6) is 0 Å². The Hall–Kier alpha value is -1.04. The van der Waals surface area contributed by atoms with E-state index in [-0.39, 0.29) is 0 Å². The topological polar surface area (TPSA) is 0 Å². The van der Waals surface area contributed by atoms with Gasteiger partial charge in [-0.3, -0.25) is 0 Å². The van der Waals surface area contributed by atoms with Gasteiger partial charge in [0.25, 0.3) is 0 Å². The van der Waals surface area contributed by atoms with Crippen LogP contribution in [0.15, 0.2) is 48.1 Å². The third-order valence-electron chi connectivity index (χ3n) is 2.27. The molecule has 0 unspecified atom stereocenters. The minimum absolute atomic E-state index is 1.05. The molecule has 0 nitrogen and oxygen atoms in total. The highest BCUT2D eigenvalue weighted by atomic mass is 14.2. The maximum absolute atomic E-state index is 4.01. The first-order chi connectivity index (χ1) is 6.77. The van der Waals surface area contributed by atoms with Crippen LogP contribution in [0.1, 0.15) is 40.0 Å². The van der Waals surface area contributed by atoms with Gasteiger partial charge in [0.05, 0.1) is 0 Å². The average Bonchev–Trinajstić information content (AvgIpc) is 2.24. The van der Waals surface area contributed by atoms with Crippen molar-refractivity contribution in [3.8, 4) is 0 Å². The van der Waals surface area contributed by atoms with Gasteiger partial charge in [-0.15, -0.1) is 0 Å². The van der Waals surface area contributed by atoms with Crippen LogP contribution in [0.25, 0.3) is 0 Å². The van der Waals surface area contributed by atoms with Gasteiger partial charge in [-0.25, -0.2) is 0 Å². The first-order valence-corrected chi connectivity index (χ1v) is 5.41. The third-order valence-corrected chi connectivity index (χ3v) is 2.27. The summed E-state index contributed by atoms with van der Waals surface area (Å²) in [4.78, 5) is 0. The zero-order valence-corrected chi connectivity index (χ0v) is 9.77. The van der Waals surface area contributed by atoms with Gasteiger partial charge in [0.15, 0.2) is 0 Å². The smallest absolute Gasteiger partial charge is 0.00702 e. The Bertz CT molecular complexity index is 251. The van der Waals surface area contributed by atoms with E-state index in [1.54, 1.807) is 0 Å². The van der Waals surface area contributed by atoms with Gasteiger partial charge in [-0.1, -0.05) is 50.8 Å². The molecule has 78 valence electrons. The molecule has 0 heteroatoms. The zero-order valence-electron chi connectivity index (χ0n) is 9.77. The van der Waals surface area contributed by atoms with Crippen LogP contribution in [0.3, 0.4) is 0 Å². The summed E-state index contributed by atoms with van der Waals surface area (Å²) in [6.45, 7) is 13.8. The Labute approximate surface area is 88.7 Å². The first kappa shape index (κ1) is 13.0. The molecule has 0 aromatic carbocycles. The molecule has 0 atom stereocenters. The predicted octanol–water partition coefficient (Wildman–Crippen LogP) is 4.81. The minimum atomic E-state index is 1.05. The zero-order chi connectivity index (χ0) is 11.0. The maximum atomic E-state index is 4.01. The molecular weight excluding hydrogens is 168 g/mol. The van der Waals surface area contributed by atoms with E-state index in [9.17, 15) is 0 Å². The van der Waals surface area contributed by atoms with Crippen molar-refractivity contribution in [2.24, 2.45) is 0 Å². The van der Waals surface area contributed by atoms with E-state index in [1.807, 2.05) is 19.9 Å². The Kier molecular flexibility index (Phi) is 6.82. The number of hydrogen-bond donors (Lipinski definition) is 0. The number of hydrogen-bond acceptors (Lipinski definition) is 0. The molecule has 0 saturated heterocycles. The van der Waals surface area contributed by atoms with Crippen LogP contribution < -0.4 is 0 Å². The third kappa shape index (κ3) is 3.78. The summed E-state index contributed by atoms with van der Waals surface area (Å²) in [5.41, 5.74) is 4.20. The molecule has 0 heterocycles. The fraction of sp³-hybridized carbons (Fsp3) is 0.429. The number of rotatable bonds is 1. The molecule has 0 amide bonds. The van der Waals surface area contributed by atoms with Crippen LogP contribution in [0.4, 0.5) is 0 Å². The molecule has 1 rings (SSSR count). The van der Waals surface area contributed by atoms with E-state index >= 15 is 0 Å². The van der Waals surface area contributed by atoms with E-state index in [0.717, 1.165) is 19.3 Å². The molecule has 0 radical (unpaired) electrons. The molecule has 1 aliphatic rings. The lowest BCUT2D eigenvalue weighted by atomic mass is 9.86. The van der Waals surface area contributed by atoms with Gasteiger partial charge in [0.1, 0.15) is 0 Å². The molecule has 0 aromatic heterocycles. The Morgan fingerprint density at radius 2 is 1.79 bits per heavy atom. The fourth-order valence-corrected chi connectivity index (χ4v) is 1.56. The molecule has 0 N–H and O–H groups in total. The summed E-state index contributed by atoms with van der Waals surface area (Å²) >= 11 is 0. The summed E-state index contributed by atoms with van der Waals surface area (Å²) in [7, 11) is 0. The monoisotopic (exact) mass is 190 g/mol. The average molecular weight is 190 g/mol. The molecule has 0 bridgehead atoms. The van der Waals surface area contributed by atoms with Gasteiger partial charge in [0.2, 0.25) is 0 Å². The van der Waals surface area contributed by atoms with E-state index in [4.69, 9.17) is 0 Å². The van der Waals surface area contributed by atoms with Gasteiger partial charge < -0.3 is 0 Å². The van der Waals surface area contributed by atoms with Gasteiger partial charge >= 0.3 is 0 Å². The lowest BCUT2D eigenvalue weighted by molar-refractivity contribution is 0.830. The highest BCUT2D eigenvalue weighted by molar-refractivity contribution is 5.39. The SMILES string of the molecule is C=C/C=C1/CCC(=C)C/C1=C/C.CC. The molecule has 1 fully saturated rings. The highest BCUT2D eigenvalue weighted by Crippen LogP contribution is 2.31. The summed E-state index contributed by atoms with van der Waals surface area (Å²) in [6, 6.07) is 0. The van der Waals surface area contributed by atoms with E-state index in [1.165, 1.54) is 16.7 Å². The molecule has 0 spiro atoms. The minimum Gasteiger partial charge on any atom is -0.0995 e. The van der Waals surface area contributed by atoms with E-state index in [2.05, 4.69) is 32.2 Å². The summed E-state index contributed by atoms with van der Waals surface area (Å²) < 4.78 is 0. The van der Waals surface area contributed by atoms with Gasteiger partial charge in [-0.2, -0.15) is 0 Å². The van der Waals surface area contributed by atoms with Crippen LogP contribution >= 0.6 is 0 Å². The normalized spacial score (nSPS) is 21.8.